The van der Waals surface area contributed by atoms with Crippen LogP contribution in [0.15, 0.2) is 79.0 Å². The van der Waals surface area contributed by atoms with Crippen molar-refractivity contribution in [2.75, 3.05) is 41.8 Å². The Hall–Kier alpha value is -5.82. The van der Waals surface area contributed by atoms with E-state index in [2.05, 4.69) is 81.1 Å². The smallest absolute Gasteiger partial charge is 0.262 e. The van der Waals surface area contributed by atoms with E-state index >= 15 is 0 Å². The molecule has 0 radical (unpaired) electrons. The van der Waals surface area contributed by atoms with Crippen molar-refractivity contribution in [3.63, 3.8) is 0 Å². The van der Waals surface area contributed by atoms with Gasteiger partial charge in [0.2, 0.25) is 17.8 Å². The quantitative estimate of drug-likeness (QED) is 0.185. The van der Waals surface area contributed by atoms with Gasteiger partial charge in [0.05, 0.1) is 30.0 Å². The van der Waals surface area contributed by atoms with Gasteiger partial charge in [-0.25, -0.2) is 9.97 Å². The van der Waals surface area contributed by atoms with Crippen molar-refractivity contribution < 1.29 is 28.7 Å². The molecule has 278 valence electrons. The van der Waals surface area contributed by atoms with Gasteiger partial charge >= 0.3 is 0 Å². The molecule has 1 atom stereocenters. The first kappa shape index (κ1) is 35.2. The van der Waals surface area contributed by atoms with Crippen molar-refractivity contribution in [3.05, 3.63) is 107 Å². The van der Waals surface area contributed by atoms with Crippen molar-refractivity contribution in [1.29, 1.82) is 0 Å². The molecule has 4 heterocycles. The van der Waals surface area contributed by atoms with Crippen LogP contribution in [0.4, 0.5) is 17.3 Å². The SMILES string of the molecule is CC(C)(c1ccc(NC2CC(Nc3ccc4c(c3)C(=O)N(C3CCC(=O)NC3=O)C4=O)C2)cc1)c1ccc(OCc2ccnc(N3CCOCC3)n2)cc1. The van der Waals surface area contributed by atoms with E-state index in [4.69, 9.17) is 9.47 Å². The predicted molar refractivity (Wildman–Crippen MR) is 202 cm³/mol. The molecule has 1 unspecified atom stereocenters. The summed E-state index contributed by atoms with van der Waals surface area (Å²) in [5.74, 6) is -0.529. The highest BCUT2D eigenvalue weighted by molar-refractivity contribution is 6.23. The van der Waals surface area contributed by atoms with E-state index in [1.165, 1.54) is 11.1 Å². The first-order valence-corrected chi connectivity index (χ1v) is 18.5. The maximum absolute atomic E-state index is 13.2. The van der Waals surface area contributed by atoms with Crippen LogP contribution in [-0.2, 0) is 26.3 Å². The molecule has 54 heavy (non-hydrogen) atoms. The number of carbonyl (C=O) groups is 4. The van der Waals surface area contributed by atoms with Gasteiger partial charge in [0.25, 0.3) is 11.8 Å². The molecule has 4 aromatic rings. The molecule has 1 saturated carbocycles. The summed E-state index contributed by atoms with van der Waals surface area (Å²) in [5.41, 5.74) is 5.34. The van der Waals surface area contributed by atoms with Gasteiger partial charge in [0, 0.05) is 54.6 Å². The molecule has 3 aromatic carbocycles. The van der Waals surface area contributed by atoms with Crippen molar-refractivity contribution >= 4 is 41.0 Å². The number of piperidine rings is 1. The predicted octanol–water partition coefficient (Wildman–Crippen LogP) is 4.67. The number of benzene rings is 3. The average molecular weight is 730 g/mol. The standard InChI is InChI=1S/C41H43N7O6/c1-41(2,26-5-10-32(11-6-26)54-24-29-15-16-42-40(45-29)47-17-19-53-20-18-47)25-3-7-27(8-4-25)43-30-21-31(22-30)44-28-9-12-33-34(23-28)39(52)48(38(33)51)35-13-14-36(49)46-37(35)50/h3-12,15-16,23,30-31,35,43-44H,13-14,17-22,24H2,1-2H3,(H,46,49,50). The topological polar surface area (TPSA) is 155 Å². The highest BCUT2D eigenvalue weighted by atomic mass is 16.5. The number of fused-ring (bicyclic) bond motifs is 1. The largest absolute Gasteiger partial charge is 0.487 e. The molecule has 2 saturated heterocycles. The second kappa shape index (κ2) is 14.5. The summed E-state index contributed by atoms with van der Waals surface area (Å²) in [6, 6.07) is 23.4. The number of nitrogens with one attached hydrogen (secondary N) is 3. The first-order valence-electron chi connectivity index (χ1n) is 18.5. The highest BCUT2D eigenvalue weighted by Crippen LogP contribution is 2.35. The van der Waals surface area contributed by atoms with Crippen LogP contribution < -0.4 is 25.6 Å². The second-order valence-electron chi connectivity index (χ2n) is 14.8. The summed E-state index contributed by atoms with van der Waals surface area (Å²) in [6.07, 6.45) is 3.77. The second-order valence-corrected chi connectivity index (χ2v) is 14.8. The summed E-state index contributed by atoms with van der Waals surface area (Å²) in [7, 11) is 0. The number of hydrogen-bond donors (Lipinski definition) is 3. The van der Waals surface area contributed by atoms with E-state index in [1.54, 1.807) is 24.4 Å². The van der Waals surface area contributed by atoms with E-state index in [9.17, 15) is 19.2 Å². The normalized spacial score (nSPS) is 21.3. The number of imide groups is 2. The minimum Gasteiger partial charge on any atom is -0.487 e. The molecule has 3 N–H and O–H groups in total. The molecule has 0 bridgehead atoms. The van der Waals surface area contributed by atoms with Gasteiger partial charge in [-0.05, 0) is 78.9 Å². The Morgan fingerprint density at radius 2 is 1.48 bits per heavy atom. The molecular weight excluding hydrogens is 686 g/mol. The van der Waals surface area contributed by atoms with Gasteiger partial charge in [-0.3, -0.25) is 29.4 Å². The molecule has 0 spiro atoms. The molecule has 3 aliphatic heterocycles. The van der Waals surface area contributed by atoms with Crippen LogP contribution in [0.5, 0.6) is 5.75 Å². The lowest BCUT2D eigenvalue weighted by molar-refractivity contribution is -0.136. The van der Waals surface area contributed by atoms with Gasteiger partial charge < -0.3 is 25.0 Å². The third kappa shape index (κ3) is 7.11. The zero-order valence-corrected chi connectivity index (χ0v) is 30.3. The molecule has 4 amide bonds. The number of anilines is 3. The Bertz CT molecular complexity index is 2070. The fourth-order valence-corrected chi connectivity index (χ4v) is 7.54. The molecule has 8 rings (SSSR count). The summed E-state index contributed by atoms with van der Waals surface area (Å²) in [4.78, 5) is 62.4. The molecule has 13 heteroatoms. The maximum atomic E-state index is 13.2. The molecule has 13 nitrogen and oxygen atoms in total. The fraction of sp³-hybridized carbons (Fsp3) is 0.366. The van der Waals surface area contributed by atoms with Gasteiger partial charge in [-0.1, -0.05) is 38.1 Å². The van der Waals surface area contributed by atoms with Gasteiger partial charge in [0.1, 0.15) is 18.4 Å². The summed E-state index contributed by atoms with van der Waals surface area (Å²) in [5, 5.41) is 9.35. The number of nitrogens with zero attached hydrogens (tertiary/aromatic N) is 4. The average Bonchev–Trinajstić information content (AvgIpc) is 3.42. The number of morpholine rings is 1. The minimum atomic E-state index is -0.977. The molecule has 1 aliphatic carbocycles. The van der Waals surface area contributed by atoms with Crippen LogP contribution >= 0.6 is 0 Å². The third-order valence-electron chi connectivity index (χ3n) is 10.9. The minimum absolute atomic E-state index is 0.0886. The number of aromatic nitrogens is 2. The van der Waals surface area contributed by atoms with E-state index in [0.29, 0.717) is 31.8 Å². The van der Waals surface area contributed by atoms with E-state index in [1.807, 2.05) is 18.2 Å². The Morgan fingerprint density at radius 1 is 0.833 bits per heavy atom. The van der Waals surface area contributed by atoms with Gasteiger partial charge in [-0.15, -0.1) is 0 Å². The zero-order valence-electron chi connectivity index (χ0n) is 30.3. The van der Waals surface area contributed by atoms with Gasteiger partial charge in [-0.2, -0.15) is 0 Å². The van der Waals surface area contributed by atoms with E-state index < -0.39 is 29.7 Å². The lowest BCUT2D eigenvalue weighted by Gasteiger charge is -2.37. The van der Waals surface area contributed by atoms with Crippen LogP contribution in [0.25, 0.3) is 0 Å². The van der Waals surface area contributed by atoms with Crippen LogP contribution in [0.2, 0.25) is 0 Å². The molecular formula is C41H43N7O6. The molecule has 1 aromatic heterocycles. The maximum Gasteiger partial charge on any atom is 0.262 e. The monoisotopic (exact) mass is 729 g/mol. The lowest BCUT2D eigenvalue weighted by Crippen LogP contribution is -2.54. The van der Waals surface area contributed by atoms with Gasteiger partial charge in [0.15, 0.2) is 0 Å². The number of ether oxygens (including phenoxy) is 2. The number of amides is 4. The zero-order chi connectivity index (χ0) is 37.4. The Kier molecular flexibility index (Phi) is 9.49. The van der Waals surface area contributed by atoms with Crippen molar-refractivity contribution in [3.8, 4) is 5.75 Å². The Morgan fingerprint density at radius 3 is 2.19 bits per heavy atom. The third-order valence-corrected chi connectivity index (χ3v) is 10.9. The van der Waals surface area contributed by atoms with Crippen molar-refractivity contribution in [1.82, 2.24) is 20.2 Å². The van der Waals surface area contributed by atoms with Crippen molar-refractivity contribution in [2.24, 2.45) is 0 Å². The highest BCUT2D eigenvalue weighted by Gasteiger charge is 2.44. The van der Waals surface area contributed by atoms with Crippen molar-refractivity contribution in [2.45, 2.75) is 69.7 Å². The molecule has 3 fully saturated rings. The summed E-state index contributed by atoms with van der Waals surface area (Å²) < 4.78 is 11.5. The van der Waals surface area contributed by atoms with Crippen LogP contribution in [-0.4, -0.2) is 82.9 Å². The molecule has 4 aliphatic rings. The fourth-order valence-electron chi connectivity index (χ4n) is 7.54. The number of hydrogen-bond acceptors (Lipinski definition) is 11. The summed E-state index contributed by atoms with van der Waals surface area (Å²) >= 11 is 0. The van der Waals surface area contributed by atoms with Crippen LogP contribution in [0.3, 0.4) is 0 Å². The number of rotatable bonds is 11. The van der Waals surface area contributed by atoms with Crippen LogP contribution in [0.1, 0.15) is 77.1 Å². The first-order chi connectivity index (χ1) is 26.1. The Labute approximate surface area is 313 Å². The Balaban J connectivity index is 0.815. The number of carbonyl (C=O) groups excluding carboxylic acids is 4. The lowest BCUT2D eigenvalue weighted by atomic mass is 9.78. The van der Waals surface area contributed by atoms with Crippen LogP contribution in [0, 0.1) is 0 Å². The van der Waals surface area contributed by atoms with E-state index in [0.717, 1.165) is 53.6 Å². The summed E-state index contributed by atoms with van der Waals surface area (Å²) in [6.45, 7) is 7.73. The van der Waals surface area contributed by atoms with E-state index in [-0.39, 0.29) is 35.4 Å².